The van der Waals surface area contributed by atoms with Crippen molar-refractivity contribution in [2.24, 2.45) is 0 Å². The monoisotopic (exact) mass is 1130 g/mol. The van der Waals surface area contributed by atoms with Crippen molar-refractivity contribution in [1.82, 2.24) is 9.13 Å². The molecule has 0 unspecified atom stereocenters. The van der Waals surface area contributed by atoms with Gasteiger partial charge in [-0.2, -0.15) is 26.3 Å². The summed E-state index contributed by atoms with van der Waals surface area (Å²) in [5, 5.41) is 59.9. The van der Waals surface area contributed by atoms with E-state index in [0.717, 1.165) is 103 Å². The quantitative estimate of drug-likeness (QED) is 0.164. The molecule has 0 bridgehead atoms. The molecule has 0 N–H and O–H groups in total. The van der Waals surface area contributed by atoms with Crippen molar-refractivity contribution in [1.29, 1.82) is 26.3 Å². The molecule has 0 amide bonds. The highest BCUT2D eigenvalue weighted by molar-refractivity contribution is 7.26. The molecule has 16 rings (SSSR count). The number of nitrogens with zero attached hydrogens (tertiary/aromatic N) is 7. The first kappa shape index (κ1) is 51.0. The van der Waals surface area contributed by atoms with Gasteiger partial charge in [0.05, 0.1) is 79.5 Å². The van der Waals surface area contributed by atoms with E-state index >= 15 is 0 Å². The Bertz CT molecular complexity index is 5650. The van der Waals surface area contributed by atoms with Crippen molar-refractivity contribution in [2.45, 2.75) is 0 Å². The van der Waals surface area contributed by atoms with Crippen molar-refractivity contribution >= 4 is 107 Å². The predicted molar refractivity (Wildman–Crippen MR) is 353 cm³/mol. The van der Waals surface area contributed by atoms with E-state index in [2.05, 4.69) is 185 Å². The van der Waals surface area contributed by atoms with E-state index in [9.17, 15) is 26.3 Å². The normalized spacial score (nSPS) is 11.2. The smallest absolute Gasteiger partial charge is 0.101 e. The lowest BCUT2D eigenvalue weighted by atomic mass is 9.87. The summed E-state index contributed by atoms with van der Waals surface area (Å²) in [7, 11) is 0. The molecule has 4 aromatic heterocycles. The first-order chi connectivity index (χ1) is 42.4. The zero-order valence-electron chi connectivity index (χ0n) is 45.6. The minimum atomic E-state index is 0.403. The number of hydrogen-bond acceptors (Lipinski definition) is 7. The number of thiophene rings is 2. The van der Waals surface area contributed by atoms with Crippen LogP contribution in [0.3, 0.4) is 0 Å². The highest BCUT2D eigenvalue weighted by Crippen LogP contribution is 2.45. The van der Waals surface area contributed by atoms with Gasteiger partial charge in [-0.1, -0.05) is 140 Å². The van der Waals surface area contributed by atoms with E-state index in [4.69, 9.17) is 0 Å². The van der Waals surface area contributed by atoms with Crippen molar-refractivity contribution in [2.75, 3.05) is 0 Å². The molecule has 7 nitrogen and oxygen atoms in total. The Balaban J connectivity index is 0.000000145. The highest BCUT2D eigenvalue weighted by atomic mass is 32.1. The van der Waals surface area contributed by atoms with Gasteiger partial charge in [0.15, 0.2) is 0 Å². The largest absolute Gasteiger partial charge is 0.309 e. The molecular formula is C77H41N7S2. The molecule has 9 heteroatoms. The number of hydrogen-bond donors (Lipinski definition) is 0. The minimum absolute atomic E-state index is 0.403. The van der Waals surface area contributed by atoms with Gasteiger partial charge in [0, 0.05) is 84.1 Å². The summed E-state index contributed by atoms with van der Waals surface area (Å²) in [6.07, 6.45) is 0. The van der Waals surface area contributed by atoms with Crippen LogP contribution in [0.2, 0.25) is 0 Å². The second-order valence-corrected chi connectivity index (χ2v) is 23.2. The molecule has 0 aliphatic rings. The second-order valence-electron chi connectivity index (χ2n) is 21.1. The molecule has 4 heterocycles. The molecule has 86 heavy (non-hydrogen) atoms. The highest BCUT2D eigenvalue weighted by Gasteiger charge is 2.24. The summed E-state index contributed by atoms with van der Waals surface area (Å²) in [4.78, 5) is 0. The first-order valence-electron chi connectivity index (χ1n) is 27.8. The van der Waals surface area contributed by atoms with Crippen LogP contribution in [0.15, 0.2) is 249 Å². The summed E-state index contributed by atoms with van der Waals surface area (Å²) in [5.41, 5.74) is 15.5. The Labute approximate surface area is 501 Å². The molecule has 0 atom stereocenters. The van der Waals surface area contributed by atoms with Gasteiger partial charge in [-0.15, -0.1) is 22.7 Å². The molecule has 0 spiro atoms. The number of nitriles is 5. The Kier molecular flexibility index (Phi) is 12.4. The van der Waals surface area contributed by atoms with Gasteiger partial charge in [-0.25, -0.2) is 0 Å². The maximum Gasteiger partial charge on any atom is 0.101 e. The lowest BCUT2D eigenvalue weighted by Gasteiger charge is -2.18. The van der Waals surface area contributed by atoms with Crippen LogP contribution >= 0.6 is 22.7 Å². The maximum atomic E-state index is 10.7. The van der Waals surface area contributed by atoms with Crippen LogP contribution in [0.4, 0.5) is 0 Å². The number of benzene rings is 12. The van der Waals surface area contributed by atoms with E-state index in [-0.39, 0.29) is 0 Å². The SMILES string of the molecule is N#Cc1cc(-c2ccc3sc4ccc(C#N)cc4c3c2)cc(-c2ccccc2-n2c3ccccc3c3ccccc32)c1.N#Cc1ccc(-c2cccc(C#N)c2-n2c3ccccc3c3ccccc32)c(C#N)c1-c1ccc2sc3ccccc3c2c1. The topological polar surface area (TPSA) is 129 Å². The molecule has 16 aromatic rings. The zero-order chi connectivity index (χ0) is 58.0. The molecule has 0 radical (unpaired) electrons. The average Bonchev–Trinajstić information content (AvgIpc) is 2.43. The molecular weight excluding hydrogens is 1090 g/mol. The second kappa shape index (κ2) is 20.8. The van der Waals surface area contributed by atoms with Crippen LogP contribution < -0.4 is 0 Å². The Morgan fingerprint density at radius 3 is 1.41 bits per heavy atom. The van der Waals surface area contributed by atoms with Crippen LogP contribution in [0, 0.1) is 56.7 Å². The number of para-hydroxylation sites is 6. The van der Waals surface area contributed by atoms with Gasteiger partial charge >= 0.3 is 0 Å². The average molecular weight is 1130 g/mol. The van der Waals surface area contributed by atoms with Crippen LogP contribution in [0.5, 0.6) is 0 Å². The maximum absolute atomic E-state index is 10.7. The van der Waals surface area contributed by atoms with Crippen molar-refractivity contribution in [3.63, 3.8) is 0 Å². The van der Waals surface area contributed by atoms with Gasteiger partial charge in [-0.3, -0.25) is 0 Å². The van der Waals surface area contributed by atoms with Crippen LogP contribution in [0.1, 0.15) is 27.8 Å². The number of rotatable bonds is 6. The summed E-state index contributed by atoms with van der Waals surface area (Å²) >= 11 is 3.46. The number of aromatic nitrogens is 2. The van der Waals surface area contributed by atoms with Crippen LogP contribution in [-0.4, -0.2) is 9.13 Å². The number of fused-ring (bicyclic) bond motifs is 12. The third-order valence-electron chi connectivity index (χ3n) is 16.4. The van der Waals surface area contributed by atoms with Gasteiger partial charge in [0.1, 0.15) is 12.1 Å². The van der Waals surface area contributed by atoms with Gasteiger partial charge in [0.2, 0.25) is 0 Å². The van der Waals surface area contributed by atoms with E-state index in [0.29, 0.717) is 44.6 Å². The minimum Gasteiger partial charge on any atom is -0.309 e. The van der Waals surface area contributed by atoms with E-state index in [1.165, 1.54) is 20.2 Å². The summed E-state index contributed by atoms with van der Waals surface area (Å²) in [6.45, 7) is 0. The lowest BCUT2D eigenvalue weighted by Crippen LogP contribution is -2.02. The van der Waals surface area contributed by atoms with Gasteiger partial charge < -0.3 is 9.13 Å². The molecule has 0 aliphatic heterocycles. The fraction of sp³-hybridized carbons (Fsp3) is 0. The fourth-order valence-corrected chi connectivity index (χ4v) is 14.8. The lowest BCUT2D eigenvalue weighted by molar-refractivity contribution is 1.17. The van der Waals surface area contributed by atoms with E-state index in [1.807, 2.05) is 97.1 Å². The standard InChI is InChI=1S/C39H20N4S.C38H21N3S/c40-21-25-16-18-27(33(23-42)38(25)24-17-19-37-32(20-24)30-11-3-6-15-36(30)44-37)31-12-7-8-26(22-41)39(31)43-34-13-4-1-9-28(34)29-10-2-5-14-35(29)43;39-22-24-13-15-37-32(19-24)33-21-26(14-16-38(33)42-37)27-17-25(23-40)18-28(20-27)29-7-1-4-10-34(29)41-35-11-5-2-8-30(35)31-9-3-6-12-36(31)41/h1-20H;1-21H. The third kappa shape index (κ3) is 8.27. The molecule has 396 valence electrons. The molecule has 12 aromatic carbocycles. The molecule has 0 saturated heterocycles. The first-order valence-corrected chi connectivity index (χ1v) is 29.5. The van der Waals surface area contributed by atoms with Crippen LogP contribution in [0.25, 0.3) is 140 Å². The van der Waals surface area contributed by atoms with Crippen molar-refractivity contribution < 1.29 is 0 Å². The Morgan fingerprint density at radius 2 is 0.779 bits per heavy atom. The van der Waals surface area contributed by atoms with Gasteiger partial charge in [0.25, 0.3) is 0 Å². The molecule has 0 saturated carbocycles. The van der Waals surface area contributed by atoms with Crippen molar-refractivity contribution in [3.05, 3.63) is 277 Å². The molecule has 0 aliphatic carbocycles. The summed E-state index contributed by atoms with van der Waals surface area (Å²) in [5.74, 6) is 0. The van der Waals surface area contributed by atoms with Gasteiger partial charge in [-0.05, 0) is 131 Å². The third-order valence-corrected chi connectivity index (χ3v) is 18.7. The fourth-order valence-electron chi connectivity index (χ4n) is 12.6. The van der Waals surface area contributed by atoms with Crippen LogP contribution in [-0.2, 0) is 0 Å². The summed E-state index contributed by atoms with van der Waals surface area (Å²) in [6, 6.07) is 95.8. The zero-order valence-corrected chi connectivity index (χ0v) is 47.3. The predicted octanol–water partition coefficient (Wildman–Crippen LogP) is 20.3. The Hall–Kier alpha value is -11.9. The summed E-state index contributed by atoms with van der Waals surface area (Å²) < 4.78 is 9.14. The molecule has 0 fully saturated rings. The Morgan fingerprint density at radius 1 is 0.279 bits per heavy atom. The van der Waals surface area contributed by atoms with Crippen molar-refractivity contribution in [3.8, 4) is 86.2 Å². The van der Waals surface area contributed by atoms with E-state index < -0.39 is 0 Å². The van der Waals surface area contributed by atoms with E-state index in [1.54, 1.807) is 28.7 Å².